The first-order valence-electron chi connectivity index (χ1n) is 7.71. The van der Waals surface area contributed by atoms with Crippen molar-refractivity contribution in [3.05, 3.63) is 50.4 Å². The number of halogens is 1. The summed E-state index contributed by atoms with van der Waals surface area (Å²) in [5, 5.41) is 1.15. The number of hydrogen-bond donors (Lipinski definition) is 0. The number of aromatic nitrogens is 1. The van der Waals surface area contributed by atoms with Gasteiger partial charge in [-0.2, -0.15) is 0 Å². The highest BCUT2D eigenvalue weighted by Gasteiger charge is 2.24. The van der Waals surface area contributed by atoms with Crippen LogP contribution in [0.3, 0.4) is 0 Å². The quantitative estimate of drug-likeness (QED) is 0.824. The molecule has 0 spiro atoms. The molecule has 24 heavy (non-hydrogen) atoms. The zero-order valence-electron chi connectivity index (χ0n) is 13.6. The molecular weight excluding hydrogens is 346 g/mol. The van der Waals surface area contributed by atoms with Gasteiger partial charge in [0.25, 0.3) is 11.8 Å². The van der Waals surface area contributed by atoms with Crippen LogP contribution in [0.4, 0.5) is 0 Å². The Balaban J connectivity index is 1.72. The van der Waals surface area contributed by atoms with Crippen LogP contribution >= 0.6 is 22.9 Å². The fraction of sp³-hybridized carbons (Fsp3) is 0.353. The van der Waals surface area contributed by atoms with Gasteiger partial charge in [-0.15, -0.1) is 11.3 Å². The third-order valence-corrected chi connectivity index (χ3v) is 5.37. The predicted molar refractivity (Wildman–Crippen MR) is 94.9 cm³/mol. The van der Waals surface area contributed by atoms with Crippen molar-refractivity contribution in [3.63, 3.8) is 0 Å². The summed E-state index contributed by atoms with van der Waals surface area (Å²) in [7, 11) is 3.45. The van der Waals surface area contributed by atoms with E-state index in [0.717, 1.165) is 17.0 Å². The van der Waals surface area contributed by atoms with Crippen molar-refractivity contribution in [1.82, 2.24) is 14.8 Å². The number of nitrogens with zero attached hydrogens (tertiary/aromatic N) is 3. The monoisotopic (exact) mass is 363 g/mol. The molecular formula is C17H18ClN3O2S. The van der Waals surface area contributed by atoms with E-state index in [1.54, 1.807) is 38.4 Å². The van der Waals surface area contributed by atoms with Crippen molar-refractivity contribution in [2.45, 2.75) is 12.8 Å². The number of hydrogen-bond acceptors (Lipinski definition) is 4. The van der Waals surface area contributed by atoms with Gasteiger partial charge in [-0.25, -0.2) is 4.98 Å². The van der Waals surface area contributed by atoms with E-state index in [4.69, 9.17) is 11.6 Å². The number of rotatable bonds is 2. The Morgan fingerprint density at radius 2 is 1.83 bits per heavy atom. The van der Waals surface area contributed by atoms with Crippen LogP contribution in [0.15, 0.2) is 24.3 Å². The molecule has 0 unspecified atom stereocenters. The maximum atomic E-state index is 12.6. The van der Waals surface area contributed by atoms with Gasteiger partial charge < -0.3 is 9.80 Å². The van der Waals surface area contributed by atoms with Crippen LogP contribution in [0, 0.1) is 0 Å². The third kappa shape index (κ3) is 3.44. The maximum Gasteiger partial charge on any atom is 0.282 e. The van der Waals surface area contributed by atoms with Crippen LogP contribution < -0.4 is 0 Å². The number of carbonyl (C=O) groups is 2. The lowest BCUT2D eigenvalue weighted by atomic mass is 10.2. The average Bonchev–Trinajstić information content (AvgIpc) is 2.87. The molecule has 0 radical (unpaired) electrons. The van der Waals surface area contributed by atoms with E-state index in [9.17, 15) is 9.59 Å². The fourth-order valence-corrected chi connectivity index (χ4v) is 3.87. The minimum atomic E-state index is -0.0674. The zero-order valence-corrected chi connectivity index (χ0v) is 15.2. The number of carbonyl (C=O) groups excluding carboxylic acids is 2. The van der Waals surface area contributed by atoms with Crippen molar-refractivity contribution in [3.8, 4) is 0 Å². The molecule has 0 saturated heterocycles. The summed E-state index contributed by atoms with van der Waals surface area (Å²) in [6, 6.07) is 6.95. The predicted octanol–water partition coefficient (Wildman–Crippen LogP) is 2.74. The van der Waals surface area contributed by atoms with Gasteiger partial charge in [0.2, 0.25) is 0 Å². The fourth-order valence-electron chi connectivity index (χ4n) is 2.62. The molecule has 126 valence electrons. The van der Waals surface area contributed by atoms with Crippen LogP contribution in [0.25, 0.3) is 0 Å². The van der Waals surface area contributed by atoms with Gasteiger partial charge in [0, 0.05) is 55.5 Å². The Bertz CT molecular complexity index is 745. The van der Waals surface area contributed by atoms with Gasteiger partial charge in [-0.3, -0.25) is 9.59 Å². The molecule has 0 atom stereocenters. The molecule has 2 aromatic rings. The first-order valence-corrected chi connectivity index (χ1v) is 8.90. The van der Waals surface area contributed by atoms with E-state index in [2.05, 4.69) is 4.98 Å². The Hall–Kier alpha value is -1.92. The van der Waals surface area contributed by atoms with Crippen molar-refractivity contribution in [1.29, 1.82) is 0 Å². The van der Waals surface area contributed by atoms with Gasteiger partial charge >= 0.3 is 0 Å². The number of amides is 2. The highest BCUT2D eigenvalue weighted by molar-refractivity contribution is 7.13. The zero-order chi connectivity index (χ0) is 17.3. The molecule has 0 saturated carbocycles. The molecule has 1 aromatic carbocycles. The number of fused-ring (bicyclic) bond motifs is 1. The van der Waals surface area contributed by atoms with Gasteiger partial charge in [-0.05, 0) is 24.3 Å². The molecule has 0 N–H and O–H groups in total. The standard InChI is InChI=1S/C17H18ClN3O2S/c1-20(2)17(23)15-19-13-7-9-21(10-8-14(13)24-15)16(22)11-3-5-12(18)6-4-11/h3-6H,7-10H2,1-2H3. The molecule has 1 aliphatic rings. The SMILES string of the molecule is CN(C)C(=O)c1nc2c(s1)CCN(C(=O)c1ccc(Cl)cc1)CC2. The minimum Gasteiger partial charge on any atom is -0.343 e. The summed E-state index contributed by atoms with van der Waals surface area (Å²) in [6.45, 7) is 1.24. The highest BCUT2D eigenvalue weighted by atomic mass is 35.5. The van der Waals surface area contributed by atoms with E-state index in [1.807, 2.05) is 4.90 Å². The molecule has 2 heterocycles. The topological polar surface area (TPSA) is 53.5 Å². The third-order valence-electron chi connectivity index (χ3n) is 3.97. The molecule has 0 fully saturated rings. The summed E-state index contributed by atoms with van der Waals surface area (Å²) in [6.07, 6.45) is 1.40. The maximum absolute atomic E-state index is 12.6. The van der Waals surface area contributed by atoms with E-state index >= 15 is 0 Å². The van der Waals surface area contributed by atoms with Crippen LogP contribution in [-0.2, 0) is 12.8 Å². The Morgan fingerprint density at radius 3 is 2.50 bits per heavy atom. The number of thiazole rings is 1. The van der Waals surface area contributed by atoms with Crippen molar-refractivity contribution >= 4 is 34.8 Å². The first kappa shape index (κ1) is 16.9. The molecule has 1 aromatic heterocycles. The van der Waals surface area contributed by atoms with E-state index < -0.39 is 0 Å². The Labute approximate surface area is 149 Å². The summed E-state index contributed by atoms with van der Waals surface area (Å²) in [5.74, 6) is -0.0615. The summed E-state index contributed by atoms with van der Waals surface area (Å²) in [5.41, 5.74) is 1.58. The lowest BCUT2D eigenvalue weighted by Crippen LogP contribution is -2.33. The smallest absolute Gasteiger partial charge is 0.282 e. The van der Waals surface area contributed by atoms with Gasteiger partial charge in [0.15, 0.2) is 5.01 Å². The van der Waals surface area contributed by atoms with Crippen LogP contribution in [0.2, 0.25) is 5.02 Å². The van der Waals surface area contributed by atoms with E-state index in [1.165, 1.54) is 16.2 Å². The highest BCUT2D eigenvalue weighted by Crippen LogP contribution is 2.24. The molecule has 0 bridgehead atoms. The van der Waals surface area contributed by atoms with E-state index in [-0.39, 0.29) is 11.8 Å². The molecule has 1 aliphatic heterocycles. The number of benzene rings is 1. The average molecular weight is 364 g/mol. The lowest BCUT2D eigenvalue weighted by Gasteiger charge is -2.20. The Kier molecular flexibility index (Phi) is 4.87. The Morgan fingerprint density at radius 1 is 1.17 bits per heavy atom. The van der Waals surface area contributed by atoms with Gasteiger partial charge in [0.1, 0.15) is 0 Å². The normalized spacial score (nSPS) is 14.0. The molecule has 7 heteroatoms. The van der Waals surface area contributed by atoms with E-state index in [0.29, 0.717) is 35.1 Å². The minimum absolute atomic E-state index is 0.00594. The van der Waals surface area contributed by atoms with Crippen molar-refractivity contribution in [2.75, 3.05) is 27.2 Å². The van der Waals surface area contributed by atoms with Crippen LogP contribution in [0.1, 0.15) is 30.7 Å². The summed E-state index contributed by atoms with van der Waals surface area (Å²) < 4.78 is 0. The molecule has 0 aliphatic carbocycles. The lowest BCUT2D eigenvalue weighted by molar-refractivity contribution is 0.0761. The van der Waals surface area contributed by atoms with Crippen molar-refractivity contribution < 1.29 is 9.59 Å². The van der Waals surface area contributed by atoms with Crippen molar-refractivity contribution in [2.24, 2.45) is 0 Å². The van der Waals surface area contributed by atoms with Gasteiger partial charge in [-0.1, -0.05) is 11.6 Å². The largest absolute Gasteiger partial charge is 0.343 e. The molecule has 2 amide bonds. The first-order chi connectivity index (χ1) is 11.5. The summed E-state index contributed by atoms with van der Waals surface area (Å²) in [4.78, 5) is 33.6. The molecule has 3 rings (SSSR count). The summed E-state index contributed by atoms with van der Waals surface area (Å²) >= 11 is 7.31. The van der Waals surface area contributed by atoms with Gasteiger partial charge in [0.05, 0.1) is 5.69 Å². The van der Waals surface area contributed by atoms with Crippen LogP contribution in [-0.4, -0.2) is 53.8 Å². The molecule has 5 nitrogen and oxygen atoms in total. The van der Waals surface area contributed by atoms with Crippen LogP contribution in [0.5, 0.6) is 0 Å². The second-order valence-corrected chi connectivity index (χ2v) is 7.41. The second kappa shape index (κ2) is 6.91. The second-order valence-electron chi connectivity index (χ2n) is 5.89.